The van der Waals surface area contributed by atoms with Crippen LogP contribution in [-0.2, 0) is 10.0 Å². The number of thioether (sulfide) groups is 1. The Kier molecular flexibility index (Phi) is 7.42. The molecule has 0 aliphatic carbocycles. The number of hydrogen-bond acceptors (Lipinski definition) is 4. The van der Waals surface area contributed by atoms with Crippen LogP contribution in [0, 0.1) is 6.92 Å². The number of carbonyl (C=O) groups is 1. The van der Waals surface area contributed by atoms with Gasteiger partial charge in [0.2, 0.25) is 0 Å². The SMILES string of the molecule is Cc1ccc(S(=O)(=O)Nc2ccc(C(=O)NCCSC(C)(C)C)c(Cl)c2)cc1. The summed E-state index contributed by atoms with van der Waals surface area (Å²) < 4.78 is 27.5. The lowest BCUT2D eigenvalue weighted by Gasteiger charge is -2.17. The molecule has 2 rings (SSSR count). The topological polar surface area (TPSA) is 75.3 Å². The fourth-order valence-corrected chi connectivity index (χ4v) is 4.44. The number of nitrogens with one attached hydrogen (secondary N) is 2. The summed E-state index contributed by atoms with van der Waals surface area (Å²) in [5, 5.41) is 3.01. The molecule has 8 heteroatoms. The summed E-state index contributed by atoms with van der Waals surface area (Å²) >= 11 is 7.96. The molecule has 2 aromatic rings. The summed E-state index contributed by atoms with van der Waals surface area (Å²) in [7, 11) is -3.72. The summed E-state index contributed by atoms with van der Waals surface area (Å²) in [5.74, 6) is 0.508. The summed E-state index contributed by atoms with van der Waals surface area (Å²) in [6.45, 7) is 8.76. The molecule has 0 radical (unpaired) electrons. The second kappa shape index (κ2) is 9.20. The quantitative estimate of drug-likeness (QED) is 0.611. The molecule has 0 aliphatic heterocycles. The van der Waals surface area contributed by atoms with E-state index < -0.39 is 10.0 Å². The Morgan fingerprint density at radius 3 is 2.32 bits per heavy atom. The molecule has 2 aromatic carbocycles. The van der Waals surface area contributed by atoms with Gasteiger partial charge in [0.1, 0.15) is 0 Å². The number of benzene rings is 2. The van der Waals surface area contributed by atoms with Gasteiger partial charge in [-0.1, -0.05) is 50.1 Å². The first-order valence-electron chi connectivity index (χ1n) is 8.79. The summed E-state index contributed by atoms with van der Waals surface area (Å²) in [5.41, 5.74) is 1.57. The third kappa shape index (κ3) is 6.72. The third-order valence-electron chi connectivity index (χ3n) is 3.72. The molecule has 0 unspecified atom stereocenters. The van der Waals surface area contributed by atoms with E-state index in [0.29, 0.717) is 17.8 Å². The van der Waals surface area contributed by atoms with Gasteiger partial charge in [0, 0.05) is 17.0 Å². The van der Waals surface area contributed by atoms with Gasteiger partial charge in [0.05, 0.1) is 21.2 Å². The third-order valence-corrected chi connectivity index (χ3v) is 6.70. The number of aryl methyl sites for hydroxylation is 1. The molecule has 5 nitrogen and oxygen atoms in total. The van der Waals surface area contributed by atoms with Crippen molar-refractivity contribution in [2.24, 2.45) is 0 Å². The van der Waals surface area contributed by atoms with Crippen LogP contribution in [0.3, 0.4) is 0 Å². The highest BCUT2D eigenvalue weighted by molar-refractivity contribution is 8.00. The molecule has 0 aromatic heterocycles. The van der Waals surface area contributed by atoms with E-state index in [2.05, 4.69) is 30.8 Å². The van der Waals surface area contributed by atoms with Crippen molar-refractivity contribution in [3.8, 4) is 0 Å². The maximum absolute atomic E-state index is 12.5. The van der Waals surface area contributed by atoms with Crippen molar-refractivity contribution >= 4 is 45.0 Å². The summed E-state index contributed by atoms with van der Waals surface area (Å²) in [6.07, 6.45) is 0. The van der Waals surface area contributed by atoms with Gasteiger partial charge in [0.25, 0.3) is 15.9 Å². The van der Waals surface area contributed by atoms with Gasteiger partial charge in [-0.25, -0.2) is 8.42 Å². The monoisotopic (exact) mass is 440 g/mol. The molecular weight excluding hydrogens is 416 g/mol. The lowest BCUT2D eigenvalue weighted by atomic mass is 10.2. The van der Waals surface area contributed by atoms with Crippen molar-refractivity contribution in [1.82, 2.24) is 5.32 Å². The molecule has 0 bridgehead atoms. The summed E-state index contributed by atoms with van der Waals surface area (Å²) in [6, 6.07) is 11.0. The molecule has 28 heavy (non-hydrogen) atoms. The van der Waals surface area contributed by atoms with E-state index in [-0.39, 0.29) is 20.6 Å². The van der Waals surface area contributed by atoms with Crippen LogP contribution in [0.15, 0.2) is 47.4 Å². The maximum atomic E-state index is 12.5. The van der Waals surface area contributed by atoms with E-state index in [1.165, 1.54) is 30.3 Å². The highest BCUT2D eigenvalue weighted by atomic mass is 35.5. The molecule has 0 saturated heterocycles. The zero-order chi connectivity index (χ0) is 20.9. The number of rotatable bonds is 7. The van der Waals surface area contributed by atoms with Gasteiger partial charge in [-0.05, 0) is 37.3 Å². The Balaban J connectivity index is 2.03. The standard InChI is InChI=1S/C20H25ClN2O3S2/c1-14-5-8-16(9-6-14)28(25,26)23-15-7-10-17(18(21)13-15)19(24)22-11-12-27-20(2,3)4/h5-10,13,23H,11-12H2,1-4H3,(H,22,24). The van der Waals surface area contributed by atoms with E-state index in [1.54, 1.807) is 23.9 Å². The predicted molar refractivity (Wildman–Crippen MR) is 118 cm³/mol. The van der Waals surface area contributed by atoms with Crippen LogP contribution in [0.4, 0.5) is 5.69 Å². The Hall–Kier alpha value is -1.70. The van der Waals surface area contributed by atoms with E-state index in [1.807, 2.05) is 6.92 Å². The second-order valence-corrected chi connectivity index (χ2v) is 11.3. The molecule has 1 amide bonds. The molecule has 0 spiro atoms. The van der Waals surface area contributed by atoms with Crippen LogP contribution >= 0.6 is 23.4 Å². The minimum Gasteiger partial charge on any atom is -0.351 e. The number of hydrogen-bond donors (Lipinski definition) is 2. The molecule has 0 aliphatic rings. The van der Waals surface area contributed by atoms with E-state index >= 15 is 0 Å². The number of anilines is 1. The smallest absolute Gasteiger partial charge is 0.261 e. The van der Waals surface area contributed by atoms with Gasteiger partial charge in [0.15, 0.2) is 0 Å². The normalized spacial score (nSPS) is 11.9. The highest BCUT2D eigenvalue weighted by Gasteiger charge is 2.16. The van der Waals surface area contributed by atoms with Crippen molar-refractivity contribution in [3.63, 3.8) is 0 Å². The van der Waals surface area contributed by atoms with E-state index in [4.69, 9.17) is 11.6 Å². The molecule has 0 atom stereocenters. The van der Waals surface area contributed by atoms with E-state index in [9.17, 15) is 13.2 Å². The van der Waals surface area contributed by atoms with Crippen LogP contribution in [0.2, 0.25) is 5.02 Å². The van der Waals surface area contributed by atoms with E-state index in [0.717, 1.165) is 11.3 Å². The lowest BCUT2D eigenvalue weighted by molar-refractivity contribution is 0.0956. The Morgan fingerprint density at radius 2 is 1.75 bits per heavy atom. The number of sulfonamides is 1. The first-order valence-corrected chi connectivity index (χ1v) is 11.6. The largest absolute Gasteiger partial charge is 0.351 e. The first-order chi connectivity index (χ1) is 13.0. The van der Waals surface area contributed by atoms with Crippen LogP contribution < -0.4 is 10.0 Å². The zero-order valence-corrected chi connectivity index (χ0v) is 18.8. The van der Waals surface area contributed by atoms with Crippen LogP contribution in [0.5, 0.6) is 0 Å². The Morgan fingerprint density at radius 1 is 1.11 bits per heavy atom. The maximum Gasteiger partial charge on any atom is 0.261 e. The van der Waals surface area contributed by atoms with Crippen molar-refractivity contribution in [2.75, 3.05) is 17.0 Å². The van der Waals surface area contributed by atoms with Crippen LogP contribution in [0.1, 0.15) is 36.7 Å². The minimum absolute atomic E-state index is 0.138. The molecule has 152 valence electrons. The highest BCUT2D eigenvalue weighted by Crippen LogP contribution is 2.24. The number of halogens is 1. The Labute approximate surface area is 176 Å². The number of amides is 1. The van der Waals surface area contributed by atoms with Crippen LogP contribution in [-0.4, -0.2) is 31.4 Å². The average molecular weight is 441 g/mol. The van der Waals surface area contributed by atoms with Crippen LogP contribution in [0.25, 0.3) is 0 Å². The van der Waals surface area contributed by atoms with Crippen molar-refractivity contribution in [2.45, 2.75) is 37.3 Å². The van der Waals surface area contributed by atoms with Crippen molar-refractivity contribution in [1.29, 1.82) is 0 Å². The fraction of sp³-hybridized carbons (Fsp3) is 0.350. The van der Waals surface area contributed by atoms with Gasteiger partial charge in [-0.2, -0.15) is 11.8 Å². The zero-order valence-electron chi connectivity index (χ0n) is 16.4. The first kappa shape index (κ1) is 22.6. The van der Waals surface area contributed by atoms with Gasteiger partial charge >= 0.3 is 0 Å². The average Bonchev–Trinajstić information content (AvgIpc) is 2.58. The van der Waals surface area contributed by atoms with Gasteiger partial charge < -0.3 is 5.32 Å². The molecular formula is C20H25ClN2O3S2. The second-order valence-electron chi connectivity index (χ2n) is 7.33. The van der Waals surface area contributed by atoms with Crippen molar-refractivity contribution < 1.29 is 13.2 Å². The molecule has 0 heterocycles. The Bertz CT molecular complexity index is 937. The predicted octanol–water partition coefficient (Wildman–Crippen LogP) is 4.71. The van der Waals surface area contributed by atoms with Gasteiger partial charge in [-0.3, -0.25) is 9.52 Å². The van der Waals surface area contributed by atoms with Gasteiger partial charge in [-0.15, -0.1) is 0 Å². The summed E-state index contributed by atoms with van der Waals surface area (Å²) in [4.78, 5) is 12.5. The fourth-order valence-electron chi connectivity index (χ4n) is 2.31. The number of carbonyl (C=O) groups excluding carboxylic acids is 1. The molecule has 0 fully saturated rings. The van der Waals surface area contributed by atoms with Crippen molar-refractivity contribution in [3.05, 3.63) is 58.6 Å². The molecule has 2 N–H and O–H groups in total. The minimum atomic E-state index is -3.72. The lowest BCUT2D eigenvalue weighted by Crippen LogP contribution is -2.27. The molecule has 0 saturated carbocycles.